The van der Waals surface area contributed by atoms with Crippen LogP contribution in [0.5, 0.6) is 0 Å². The minimum absolute atomic E-state index is 0.129. The zero-order chi connectivity index (χ0) is 17.1. The lowest BCUT2D eigenvalue weighted by Gasteiger charge is -2.24. The van der Waals surface area contributed by atoms with Crippen molar-refractivity contribution < 1.29 is 14.0 Å². The number of hydrogen-bond acceptors (Lipinski definition) is 2. The number of carbonyl (C=O) groups is 2. The summed E-state index contributed by atoms with van der Waals surface area (Å²) in [4.78, 5) is 26.8. The molecule has 1 aliphatic rings. The average Bonchev–Trinajstić information content (AvgIpc) is 3.06. The zero-order valence-electron chi connectivity index (χ0n) is 13.5. The predicted octanol–water partition coefficient (Wildman–Crippen LogP) is 3.38. The van der Waals surface area contributed by atoms with Crippen LogP contribution in [0.2, 0.25) is 0 Å². The molecule has 2 aromatic rings. The molecule has 1 aliphatic heterocycles. The summed E-state index contributed by atoms with van der Waals surface area (Å²) in [5.74, 6) is -0.722. The topological polar surface area (TPSA) is 49.4 Å². The average molecular weight is 326 g/mol. The summed E-state index contributed by atoms with van der Waals surface area (Å²) in [6.45, 7) is 2.49. The lowest BCUT2D eigenvalue weighted by Crippen LogP contribution is -2.43. The normalized spacial score (nSPS) is 16.9. The van der Waals surface area contributed by atoms with Crippen LogP contribution in [0, 0.1) is 12.7 Å². The highest BCUT2D eigenvalue weighted by atomic mass is 19.1. The van der Waals surface area contributed by atoms with Gasteiger partial charge in [0.2, 0.25) is 5.91 Å². The molecular weight excluding hydrogens is 307 g/mol. The SMILES string of the molecule is Cc1cccc(C(=O)N2CCC[C@@H]2C(=O)Nc2ccc(F)cc2)c1. The number of likely N-dealkylation sites (tertiary alicyclic amines) is 1. The van der Waals surface area contributed by atoms with E-state index in [1.165, 1.54) is 24.3 Å². The van der Waals surface area contributed by atoms with Gasteiger partial charge in [-0.25, -0.2) is 4.39 Å². The Morgan fingerprint density at radius 3 is 2.62 bits per heavy atom. The molecule has 0 aliphatic carbocycles. The molecule has 0 unspecified atom stereocenters. The Hall–Kier alpha value is -2.69. The van der Waals surface area contributed by atoms with E-state index < -0.39 is 6.04 Å². The van der Waals surface area contributed by atoms with Crippen molar-refractivity contribution in [2.24, 2.45) is 0 Å². The molecule has 5 heteroatoms. The Morgan fingerprint density at radius 2 is 1.92 bits per heavy atom. The summed E-state index contributed by atoms with van der Waals surface area (Å²) in [6, 6.07) is 12.5. The standard InChI is InChI=1S/C19H19FN2O2/c1-13-4-2-5-14(12-13)19(24)22-11-3-6-17(22)18(23)21-16-9-7-15(20)8-10-16/h2,4-5,7-10,12,17H,3,6,11H2,1H3,(H,21,23)/t17-/m1/s1. The van der Waals surface area contributed by atoms with Crippen LogP contribution in [0.25, 0.3) is 0 Å². The number of aryl methyl sites for hydroxylation is 1. The molecule has 1 heterocycles. The van der Waals surface area contributed by atoms with Gasteiger partial charge in [-0.05, 0) is 56.2 Å². The number of nitrogens with zero attached hydrogens (tertiary/aromatic N) is 1. The summed E-state index contributed by atoms with van der Waals surface area (Å²) in [6.07, 6.45) is 1.42. The van der Waals surface area contributed by atoms with Gasteiger partial charge in [-0.2, -0.15) is 0 Å². The van der Waals surface area contributed by atoms with E-state index in [0.717, 1.165) is 12.0 Å². The van der Waals surface area contributed by atoms with Crippen molar-refractivity contribution >= 4 is 17.5 Å². The number of carbonyl (C=O) groups excluding carboxylic acids is 2. The van der Waals surface area contributed by atoms with E-state index in [1.54, 1.807) is 11.0 Å². The summed E-state index contributed by atoms with van der Waals surface area (Å²) < 4.78 is 12.9. The maximum Gasteiger partial charge on any atom is 0.254 e. The van der Waals surface area contributed by atoms with Crippen molar-refractivity contribution in [1.29, 1.82) is 0 Å². The Morgan fingerprint density at radius 1 is 1.17 bits per heavy atom. The summed E-state index contributed by atoms with van der Waals surface area (Å²) in [5, 5.41) is 2.76. The first-order valence-corrected chi connectivity index (χ1v) is 7.98. The first-order chi connectivity index (χ1) is 11.5. The lowest BCUT2D eigenvalue weighted by molar-refractivity contribution is -0.119. The highest BCUT2D eigenvalue weighted by Crippen LogP contribution is 2.22. The van der Waals surface area contributed by atoms with Crippen molar-refractivity contribution in [3.63, 3.8) is 0 Å². The molecule has 124 valence electrons. The Bertz CT molecular complexity index is 758. The molecule has 1 atom stereocenters. The van der Waals surface area contributed by atoms with E-state index in [4.69, 9.17) is 0 Å². The van der Waals surface area contributed by atoms with Crippen molar-refractivity contribution in [2.75, 3.05) is 11.9 Å². The van der Waals surface area contributed by atoms with Crippen LogP contribution in [-0.4, -0.2) is 29.3 Å². The van der Waals surface area contributed by atoms with E-state index in [0.29, 0.717) is 24.2 Å². The van der Waals surface area contributed by atoms with Crippen LogP contribution in [0.3, 0.4) is 0 Å². The molecule has 0 radical (unpaired) electrons. The third-order valence-electron chi connectivity index (χ3n) is 4.19. The number of hydrogen-bond donors (Lipinski definition) is 1. The van der Waals surface area contributed by atoms with Gasteiger partial charge in [0.05, 0.1) is 0 Å². The van der Waals surface area contributed by atoms with Gasteiger partial charge in [-0.3, -0.25) is 9.59 Å². The smallest absolute Gasteiger partial charge is 0.254 e. The van der Waals surface area contributed by atoms with Crippen LogP contribution >= 0.6 is 0 Å². The Labute approximate surface area is 140 Å². The first-order valence-electron chi connectivity index (χ1n) is 7.98. The highest BCUT2D eigenvalue weighted by Gasteiger charge is 2.34. The number of halogens is 1. The minimum atomic E-state index is -0.497. The van der Waals surface area contributed by atoms with Gasteiger partial charge >= 0.3 is 0 Å². The van der Waals surface area contributed by atoms with Crippen molar-refractivity contribution in [3.8, 4) is 0 Å². The van der Waals surface area contributed by atoms with Gasteiger partial charge in [0, 0.05) is 17.8 Å². The van der Waals surface area contributed by atoms with Gasteiger partial charge in [-0.15, -0.1) is 0 Å². The highest BCUT2D eigenvalue weighted by molar-refractivity contribution is 6.01. The summed E-state index contributed by atoms with van der Waals surface area (Å²) >= 11 is 0. The van der Waals surface area contributed by atoms with Crippen LogP contribution < -0.4 is 5.32 Å². The van der Waals surface area contributed by atoms with Crippen molar-refractivity contribution in [3.05, 3.63) is 65.5 Å². The second-order valence-corrected chi connectivity index (χ2v) is 6.02. The third-order valence-corrected chi connectivity index (χ3v) is 4.19. The number of amides is 2. The molecule has 24 heavy (non-hydrogen) atoms. The fraction of sp³-hybridized carbons (Fsp3) is 0.263. The molecule has 2 aromatic carbocycles. The number of anilines is 1. The zero-order valence-corrected chi connectivity index (χ0v) is 13.5. The summed E-state index contributed by atoms with van der Waals surface area (Å²) in [7, 11) is 0. The van der Waals surface area contributed by atoms with Crippen LogP contribution in [0.1, 0.15) is 28.8 Å². The third kappa shape index (κ3) is 3.45. The largest absolute Gasteiger partial charge is 0.327 e. The van der Waals surface area contributed by atoms with Gasteiger partial charge in [-0.1, -0.05) is 17.7 Å². The fourth-order valence-corrected chi connectivity index (χ4v) is 2.99. The van der Waals surface area contributed by atoms with Gasteiger partial charge in [0.1, 0.15) is 11.9 Å². The molecule has 1 saturated heterocycles. The van der Waals surface area contributed by atoms with Gasteiger partial charge < -0.3 is 10.2 Å². The maximum absolute atomic E-state index is 12.9. The van der Waals surface area contributed by atoms with Crippen LogP contribution in [0.15, 0.2) is 48.5 Å². The molecule has 3 rings (SSSR count). The number of nitrogens with one attached hydrogen (secondary N) is 1. The number of rotatable bonds is 3. The predicted molar refractivity (Wildman–Crippen MR) is 90.3 cm³/mol. The van der Waals surface area contributed by atoms with Gasteiger partial charge in [0.15, 0.2) is 0 Å². The van der Waals surface area contributed by atoms with Crippen molar-refractivity contribution in [1.82, 2.24) is 4.90 Å². The van der Waals surface area contributed by atoms with E-state index >= 15 is 0 Å². The maximum atomic E-state index is 12.9. The van der Waals surface area contributed by atoms with E-state index in [2.05, 4.69) is 5.32 Å². The second-order valence-electron chi connectivity index (χ2n) is 6.02. The minimum Gasteiger partial charge on any atom is -0.327 e. The monoisotopic (exact) mass is 326 g/mol. The summed E-state index contributed by atoms with van der Waals surface area (Å²) in [5.41, 5.74) is 2.13. The molecular formula is C19H19FN2O2. The Kier molecular flexibility index (Phi) is 4.60. The number of benzene rings is 2. The molecule has 1 fully saturated rings. The molecule has 0 bridgehead atoms. The molecule has 1 N–H and O–H groups in total. The quantitative estimate of drug-likeness (QED) is 0.940. The van der Waals surface area contributed by atoms with Crippen molar-refractivity contribution in [2.45, 2.75) is 25.8 Å². The molecule has 4 nitrogen and oxygen atoms in total. The molecule has 2 amide bonds. The van der Waals surface area contributed by atoms with Crippen LogP contribution in [0.4, 0.5) is 10.1 Å². The van der Waals surface area contributed by atoms with Crippen LogP contribution in [-0.2, 0) is 4.79 Å². The first kappa shape index (κ1) is 16.2. The van der Waals surface area contributed by atoms with Gasteiger partial charge in [0.25, 0.3) is 5.91 Å². The van der Waals surface area contributed by atoms with E-state index in [-0.39, 0.29) is 17.6 Å². The van der Waals surface area contributed by atoms with E-state index in [1.807, 2.05) is 25.1 Å². The molecule has 0 saturated carbocycles. The van der Waals surface area contributed by atoms with E-state index in [9.17, 15) is 14.0 Å². The molecule has 0 aromatic heterocycles. The molecule has 0 spiro atoms. The Balaban J connectivity index is 1.73. The second kappa shape index (κ2) is 6.83. The fourth-order valence-electron chi connectivity index (χ4n) is 2.99. The lowest BCUT2D eigenvalue weighted by atomic mass is 10.1.